The fraction of sp³-hybridized carbons (Fsp3) is 0.375. The number of aromatic nitrogens is 3. The molecule has 0 radical (unpaired) electrons. The van der Waals surface area contributed by atoms with Crippen molar-refractivity contribution in [1.29, 1.82) is 5.26 Å². The number of pyridine rings is 1. The van der Waals surface area contributed by atoms with Crippen molar-refractivity contribution < 1.29 is 9.59 Å². The number of amides is 2. The van der Waals surface area contributed by atoms with E-state index in [9.17, 15) is 14.9 Å². The lowest BCUT2D eigenvalue weighted by atomic mass is 9.89. The van der Waals surface area contributed by atoms with Gasteiger partial charge in [0.15, 0.2) is 0 Å². The van der Waals surface area contributed by atoms with Gasteiger partial charge in [0.25, 0.3) is 5.91 Å². The first kappa shape index (κ1) is 21.5. The van der Waals surface area contributed by atoms with E-state index in [2.05, 4.69) is 40.0 Å². The van der Waals surface area contributed by atoms with E-state index in [1.54, 1.807) is 12.3 Å². The van der Waals surface area contributed by atoms with E-state index < -0.39 is 6.04 Å². The summed E-state index contributed by atoms with van der Waals surface area (Å²) < 4.78 is 2.06. The van der Waals surface area contributed by atoms with Crippen molar-refractivity contribution in [3.05, 3.63) is 47.9 Å². The number of thioether (sulfide) groups is 1. The summed E-state index contributed by atoms with van der Waals surface area (Å²) in [6.45, 7) is 5.22. The Labute approximate surface area is 196 Å². The number of hydrogen-bond acceptors (Lipinski definition) is 6. The number of carbonyl (C=O) groups is 2. The van der Waals surface area contributed by atoms with Gasteiger partial charge in [-0.2, -0.15) is 10.4 Å². The molecular formula is C24H24N6O2S. The van der Waals surface area contributed by atoms with Crippen molar-refractivity contribution >= 4 is 34.5 Å². The van der Waals surface area contributed by atoms with Crippen molar-refractivity contribution in [3.8, 4) is 17.2 Å². The van der Waals surface area contributed by atoms with Crippen molar-refractivity contribution in [2.75, 3.05) is 18.2 Å². The molecule has 1 saturated heterocycles. The lowest BCUT2D eigenvalue weighted by molar-refractivity contribution is -0.129. The maximum atomic E-state index is 13.0. The molecule has 1 unspecified atom stereocenters. The molecule has 1 aromatic carbocycles. The number of benzene rings is 1. The van der Waals surface area contributed by atoms with Gasteiger partial charge in [-0.25, -0.2) is 0 Å². The van der Waals surface area contributed by atoms with E-state index in [1.165, 1.54) is 22.4 Å². The number of nitrogens with one attached hydrogen (secondary N) is 1. The first-order valence-corrected chi connectivity index (χ1v) is 12.0. The highest BCUT2D eigenvalue weighted by Gasteiger charge is 2.32. The molecule has 168 valence electrons. The van der Waals surface area contributed by atoms with Gasteiger partial charge in [-0.1, -0.05) is 19.9 Å². The van der Waals surface area contributed by atoms with E-state index in [-0.39, 0.29) is 23.8 Å². The Morgan fingerprint density at radius 1 is 1.33 bits per heavy atom. The normalized spacial score (nSPS) is 18.8. The lowest BCUT2D eigenvalue weighted by Crippen LogP contribution is -2.42. The van der Waals surface area contributed by atoms with Gasteiger partial charge in [0, 0.05) is 35.1 Å². The minimum Gasteiger partial charge on any atom is -0.343 e. The fourth-order valence-corrected chi connectivity index (χ4v) is 5.65. The Balaban J connectivity index is 1.40. The zero-order chi connectivity index (χ0) is 23.2. The molecule has 2 aliphatic heterocycles. The molecule has 2 aromatic heterocycles. The van der Waals surface area contributed by atoms with Gasteiger partial charge < -0.3 is 10.2 Å². The molecular weight excluding hydrogens is 436 g/mol. The first-order chi connectivity index (χ1) is 15.9. The molecule has 2 aliphatic rings. The third kappa shape index (κ3) is 3.95. The molecule has 0 saturated carbocycles. The fourth-order valence-electron chi connectivity index (χ4n) is 4.55. The average Bonchev–Trinajstić information content (AvgIpc) is 3.50. The minimum atomic E-state index is -0.438. The third-order valence-corrected chi connectivity index (χ3v) is 7.23. The quantitative estimate of drug-likeness (QED) is 0.642. The predicted molar refractivity (Wildman–Crippen MR) is 126 cm³/mol. The van der Waals surface area contributed by atoms with Crippen molar-refractivity contribution in [2.24, 2.45) is 5.41 Å². The highest BCUT2D eigenvalue weighted by Crippen LogP contribution is 2.37. The van der Waals surface area contributed by atoms with Crippen LogP contribution in [0.15, 0.2) is 36.7 Å². The van der Waals surface area contributed by atoms with Crippen LogP contribution in [0.5, 0.6) is 0 Å². The molecule has 4 heterocycles. The molecule has 8 nitrogen and oxygen atoms in total. The Bertz CT molecular complexity index is 1310. The van der Waals surface area contributed by atoms with E-state index in [4.69, 9.17) is 0 Å². The highest BCUT2D eigenvalue weighted by atomic mass is 32.2. The summed E-state index contributed by atoms with van der Waals surface area (Å²) in [7, 11) is 0. The average molecular weight is 461 g/mol. The summed E-state index contributed by atoms with van der Waals surface area (Å²) in [6.07, 6.45) is 4.43. The van der Waals surface area contributed by atoms with Gasteiger partial charge in [0.05, 0.1) is 35.8 Å². The van der Waals surface area contributed by atoms with Gasteiger partial charge in [-0.15, -0.1) is 11.8 Å². The van der Waals surface area contributed by atoms with Crippen LogP contribution in [0.4, 0.5) is 0 Å². The van der Waals surface area contributed by atoms with Crippen LogP contribution in [-0.2, 0) is 17.8 Å². The molecule has 1 atom stereocenters. The number of hydrogen-bond donors (Lipinski definition) is 1. The molecule has 5 rings (SSSR count). The van der Waals surface area contributed by atoms with Crippen LogP contribution >= 0.6 is 11.8 Å². The van der Waals surface area contributed by atoms with Crippen LogP contribution < -0.4 is 5.32 Å². The first-order valence-electron chi connectivity index (χ1n) is 10.9. The second-order valence-electron chi connectivity index (χ2n) is 9.29. The largest absolute Gasteiger partial charge is 0.343 e. The second-order valence-corrected chi connectivity index (χ2v) is 10.3. The van der Waals surface area contributed by atoms with Gasteiger partial charge in [-0.05, 0) is 35.6 Å². The lowest BCUT2D eigenvalue weighted by Gasteiger charge is -2.18. The number of nitriles is 1. The molecule has 2 amide bonds. The molecule has 1 fully saturated rings. The van der Waals surface area contributed by atoms with Crippen molar-refractivity contribution in [1.82, 2.24) is 25.0 Å². The van der Waals surface area contributed by atoms with E-state index in [1.807, 2.05) is 24.4 Å². The van der Waals surface area contributed by atoms with Gasteiger partial charge in [-0.3, -0.25) is 19.3 Å². The van der Waals surface area contributed by atoms with Crippen LogP contribution in [0.1, 0.15) is 29.9 Å². The maximum Gasteiger partial charge on any atom is 0.252 e. The smallest absolute Gasteiger partial charge is 0.252 e. The van der Waals surface area contributed by atoms with Crippen molar-refractivity contribution in [3.63, 3.8) is 0 Å². The molecule has 0 spiro atoms. The van der Waals surface area contributed by atoms with Gasteiger partial charge in [0.2, 0.25) is 5.91 Å². The molecule has 33 heavy (non-hydrogen) atoms. The van der Waals surface area contributed by atoms with E-state index in [0.717, 1.165) is 29.5 Å². The number of nitrogens with zero attached hydrogens (tertiary/aromatic N) is 5. The summed E-state index contributed by atoms with van der Waals surface area (Å²) in [5.74, 6) is 0.483. The second kappa shape index (κ2) is 8.19. The van der Waals surface area contributed by atoms with Crippen LogP contribution in [0.25, 0.3) is 22.0 Å². The van der Waals surface area contributed by atoms with Crippen molar-refractivity contribution in [2.45, 2.75) is 32.9 Å². The molecule has 3 aromatic rings. The third-order valence-electron chi connectivity index (χ3n) is 6.22. The Morgan fingerprint density at radius 3 is 3.00 bits per heavy atom. The summed E-state index contributed by atoms with van der Waals surface area (Å²) in [4.78, 5) is 31.4. The van der Waals surface area contributed by atoms with Crippen LogP contribution in [0, 0.1) is 16.7 Å². The SMILES string of the molecule is CC1(C)Cc2c(-c3ccc4nccc(C(=O)NCC(=O)N5CSCC5C#N)c4c3)cnn2C1. The van der Waals surface area contributed by atoms with E-state index in [0.29, 0.717) is 22.7 Å². The summed E-state index contributed by atoms with van der Waals surface area (Å²) in [5.41, 5.74) is 4.61. The Morgan fingerprint density at radius 2 is 2.18 bits per heavy atom. The summed E-state index contributed by atoms with van der Waals surface area (Å²) >= 11 is 1.54. The van der Waals surface area contributed by atoms with Gasteiger partial charge in [0.1, 0.15) is 6.04 Å². The van der Waals surface area contributed by atoms with Crippen LogP contribution in [-0.4, -0.2) is 55.7 Å². The van der Waals surface area contributed by atoms with E-state index >= 15 is 0 Å². The predicted octanol–water partition coefficient (Wildman–Crippen LogP) is 2.84. The minimum absolute atomic E-state index is 0.146. The highest BCUT2D eigenvalue weighted by molar-refractivity contribution is 7.99. The molecule has 0 bridgehead atoms. The molecule has 9 heteroatoms. The van der Waals surface area contributed by atoms with Gasteiger partial charge >= 0.3 is 0 Å². The summed E-state index contributed by atoms with van der Waals surface area (Å²) in [6, 6.07) is 9.27. The molecule has 0 aliphatic carbocycles. The van der Waals surface area contributed by atoms with Crippen LogP contribution in [0.3, 0.4) is 0 Å². The topological polar surface area (TPSA) is 104 Å². The number of carbonyl (C=O) groups excluding carboxylic acids is 2. The maximum absolute atomic E-state index is 13.0. The zero-order valence-electron chi connectivity index (χ0n) is 18.5. The molecule has 1 N–H and O–H groups in total. The van der Waals surface area contributed by atoms with Crippen LogP contribution in [0.2, 0.25) is 0 Å². The number of rotatable bonds is 4. The Hall–Kier alpha value is -3.38. The summed E-state index contributed by atoms with van der Waals surface area (Å²) in [5, 5.41) is 17.2. The standard InChI is InChI=1S/C24H24N6O2S/c1-24(2)8-21-19(10-28-30(21)13-24)15-3-4-20-18(7-15)17(5-6-26-20)23(32)27-11-22(31)29-14-33-12-16(29)9-25/h3-7,10,16H,8,11-14H2,1-2H3,(H,27,32). The monoisotopic (exact) mass is 460 g/mol. The zero-order valence-corrected chi connectivity index (χ0v) is 19.4. The Kier molecular flexibility index (Phi) is 5.33. The number of fused-ring (bicyclic) bond motifs is 2.